The van der Waals surface area contributed by atoms with Gasteiger partial charge in [-0.2, -0.15) is 0 Å². The van der Waals surface area contributed by atoms with Crippen LogP contribution in [0.25, 0.3) is 11.0 Å². The van der Waals surface area contributed by atoms with Gasteiger partial charge >= 0.3 is 0 Å². The number of nitrogen functional groups attached to an aromatic ring is 1. The molecule has 1 saturated carbocycles. The van der Waals surface area contributed by atoms with Crippen LogP contribution in [0.5, 0.6) is 5.75 Å². The van der Waals surface area contributed by atoms with Crippen molar-refractivity contribution in [2.24, 2.45) is 5.92 Å². The highest BCUT2D eigenvalue weighted by Gasteiger charge is 2.20. The Bertz CT molecular complexity index is 590. The van der Waals surface area contributed by atoms with E-state index in [4.69, 9.17) is 15.2 Å². The first-order chi connectivity index (χ1) is 9.78. The molecule has 5 heteroatoms. The van der Waals surface area contributed by atoms with Crippen molar-refractivity contribution in [3.8, 4) is 5.75 Å². The molecule has 0 atom stereocenters. The molecule has 1 aromatic carbocycles. The van der Waals surface area contributed by atoms with Gasteiger partial charge in [-0.25, -0.2) is 4.98 Å². The monoisotopic (exact) mass is 275 g/mol. The number of rotatable bonds is 7. The van der Waals surface area contributed by atoms with Crippen molar-refractivity contribution < 1.29 is 9.47 Å². The Morgan fingerprint density at radius 1 is 1.40 bits per heavy atom. The topological polar surface area (TPSA) is 62.3 Å². The van der Waals surface area contributed by atoms with Crippen LogP contribution in [0, 0.1) is 5.92 Å². The molecule has 5 nitrogen and oxygen atoms in total. The normalized spacial score (nSPS) is 14.8. The maximum atomic E-state index is 5.99. The van der Waals surface area contributed by atoms with E-state index in [1.165, 1.54) is 12.8 Å². The summed E-state index contributed by atoms with van der Waals surface area (Å²) in [6, 6.07) is 5.81. The first kappa shape index (κ1) is 13.2. The molecule has 1 fully saturated rings. The lowest BCUT2D eigenvalue weighted by Gasteiger charge is -2.08. The Morgan fingerprint density at radius 3 is 3.00 bits per heavy atom. The molecule has 0 amide bonds. The Balaban J connectivity index is 1.64. The average molecular weight is 275 g/mol. The molecule has 0 spiro atoms. The maximum absolute atomic E-state index is 5.99. The Hall–Kier alpha value is -1.75. The molecule has 0 saturated heterocycles. The van der Waals surface area contributed by atoms with Crippen LogP contribution in [-0.2, 0) is 11.3 Å². The van der Waals surface area contributed by atoms with E-state index in [0.717, 1.165) is 48.9 Å². The van der Waals surface area contributed by atoms with E-state index in [-0.39, 0.29) is 0 Å². The van der Waals surface area contributed by atoms with Crippen molar-refractivity contribution in [2.75, 3.05) is 26.1 Å². The highest BCUT2D eigenvalue weighted by Crippen LogP contribution is 2.28. The second-order valence-electron chi connectivity index (χ2n) is 5.35. The third-order valence-electron chi connectivity index (χ3n) is 3.71. The number of methoxy groups -OCH3 is 1. The molecular weight excluding hydrogens is 254 g/mol. The van der Waals surface area contributed by atoms with Crippen LogP contribution in [0.15, 0.2) is 18.2 Å². The highest BCUT2D eigenvalue weighted by atomic mass is 16.5. The van der Waals surface area contributed by atoms with Crippen LogP contribution < -0.4 is 10.5 Å². The smallest absolute Gasteiger partial charge is 0.201 e. The number of anilines is 1. The molecule has 1 aromatic heterocycles. The lowest BCUT2D eigenvalue weighted by atomic mass is 10.3. The molecule has 0 unspecified atom stereocenters. The van der Waals surface area contributed by atoms with Gasteiger partial charge in [-0.15, -0.1) is 0 Å². The standard InChI is InChI=1S/C15H21N3O2/c1-19-12-5-6-13-14(9-12)18(15(16)17-13)7-2-8-20-10-11-3-4-11/h5-6,9,11H,2-4,7-8,10H2,1H3,(H2,16,17). The average Bonchev–Trinajstić information content (AvgIpc) is 3.22. The van der Waals surface area contributed by atoms with Crippen molar-refractivity contribution in [2.45, 2.75) is 25.8 Å². The predicted molar refractivity (Wildman–Crippen MR) is 78.9 cm³/mol. The van der Waals surface area contributed by atoms with Crippen molar-refractivity contribution in [3.05, 3.63) is 18.2 Å². The number of aromatic nitrogens is 2. The fourth-order valence-corrected chi connectivity index (χ4v) is 2.34. The second kappa shape index (κ2) is 5.71. The van der Waals surface area contributed by atoms with Gasteiger partial charge in [0.25, 0.3) is 0 Å². The van der Waals surface area contributed by atoms with Crippen LogP contribution in [-0.4, -0.2) is 29.9 Å². The minimum Gasteiger partial charge on any atom is -0.497 e. The van der Waals surface area contributed by atoms with Gasteiger partial charge in [0.1, 0.15) is 5.75 Å². The number of benzene rings is 1. The Kier molecular flexibility index (Phi) is 3.78. The zero-order valence-corrected chi connectivity index (χ0v) is 11.8. The van der Waals surface area contributed by atoms with Crippen LogP contribution in [0.4, 0.5) is 5.95 Å². The Morgan fingerprint density at radius 2 is 2.25 bits per heavy atom. The fourth-order valence-electron chi connectivity index (χ4n) is 2.34. The van der Waals surface area contributed by atoms with E-state index in [0.29, 0.717) is 5.95 Å². The van der Waals surface area contributed by atoms with E-state index >= 15 is 0 Å². The number of fused-ring (bicyclic) bond motifs is 1. The molecule has 1 aliphatic carbocycles. The minimum absolute atomic E-state index is 0.551. The van der Waals surface area contributed by atoms with E-state index in [1.54, 1.807) is 7.11 Å². The summed E-state index contributed by atoms with van der Waals surface area (Å²) in [5, 5.41) is 0. The number of aryl methyl sites for hydroxylation is 1. The van der Waals surface area contributed by atoms with Gasteiger partial charge in [0.2, 0.25) is 5.95 Å². The maximum Gasteiger partial charge on any atom is 0.201 e. The van der Waals surface area contributed by atoms with E-state index in [9.17, 15) is 0 Å². The highest BCUT2D eigenvalue weighted by molar-refractivity contribution is 5.79. The molecule has 0 aliphatic heterocycles. The molecule has 3 rings (SSSR count). The van der Waals surface area contributed by atoms with Crippen LogP contribution >= 0.6 is 0 Å². The van der Waals surface area contributed by atoms with E-state index < -0.39 is 0 Å². The number of imidazole rings is 1. The van der Waals surface area contributed by atoms with Crippen molar-refractivity contribution in [1.82, 2.24) is 9.55 Å². The number of hydrogen-bond donors (Lipinski definition) is 1. The van der Waals surface area contributed by atoms with E-state index in [2.05, 4.69) is 4.98 Å². The van der Waals surface area contributed by atoms with Gasteiger partial charge in [0.15, 0.2) is 0 Å². The largest absolute Gasteiger partial charge is 0.497 e. The summed E-state index contributed by atoms with van der Waals surface area (Å²) >= 11 is 0. The fraction of sp³-hybridized carbons (Fsp3) is 0.533. The molecule has 20 heavy (non-hydrogen) atoms. The lowest BCUT2D eigenvalue weighted by Crippen LogP contribution is -2.07. The summed E-state index contributed by atoms with van der Waals surface area (Å²) in [7, 11) is 1.66. The van der Waals surface area contributed by atoms with Crippen LogP contribution in [0.2, 0.25) is 0 Å². The molecule has 1 aliphatic rings. The zero-order chi connectivity index (χ0) is 13.9. The predicted octanol–water partition coefficient (Wildman–Crippen LogP) is 2.44. The summed E-state index contributed by atoms with van der Waals surface area (Å²) in [4.78, 5) is 4.37. The quantitative estimate of drug-likeness (QED) is 0.788. The molecular formula is C15H21N3O2. The SMILES string of the molecule is COc1ccc2nc(N)n(CCCOCC3CC3)c2c1. The van der Waals surface area contributed by atoms with Gasteiger partial charge in [0, 0.05) is 25.8 Å². The number of hydrogen-bond acceptors (Lipinski definition) is 4. The van der Waals surface area contributed by atoms with Gasteiger partial charge in [0.05, 0.1) is 18.1 Å². The summed E-state index contributed by atoms with van der Waals surface area (Å²) < 4.78 is 12.9. The Labute approximate surface area is 118 Å². The number of nitrogens with zero attached hydrogens (tertiary/aromatic N) is 2. The third kappa shape index (κ3) is 2.88. The van der Waals surface area contributed by atoms with Gasteiger partial charge in [-0.1, -0.05) is 0 Å². The van der Waals surface area contributed by atoms with Gasteiger partial charge < -0.3 is 19.8 Å². The summed E-state index contributed by atoms with van der Waals surface area (Å²) in [6.45, 7) is 2.51. The molecule has 0 bridgehead atoms. The molecule has 0 radical (unpaired) electrons. The first-order valence-electron chi connectivity index (χ1n) is 7.15. The molecule has 1 heterocycles. The minimum atomic E-state index is 0.551. The lowest BCUT2D eigenvalue weighted by molar-refractivity contribution is 0.119. The summed E-state index contributed by atoms with van der Waals surface area (Å²) in [5.41, 5.74) is 7.91. The molecule has 2 N–H and O–H groups in total. The molecule has 2 aromatic rings. The summed E-state index contributed by atoms with van der Waals surface area (Å²) in [5.74, 6) is 2.19. The van der Waals surface area contributed by atoms with Gasteiger partial charge in [-0.05, 0) is 37.3 Å². The van der Waals surface area contributed by atoms with Crippen LogP contribution in [0.1, 0.15) is 19.3 Å². The van der Waals surface area contributed by atoms with Crippen molar-refractivity contribution in [1.29, 1.82) is 0 Å². The van der Waals surface area contributed by atoms with Crippen molar-refractivity contribution >= 4 is 17.0 Å². The second-order valence-corrected chi connectivity index (χ2v) is 5.35. The number of nitrogens with two attached hydrogens (primary N) is 1. The third-order valence-corrected chi connectivity index (χ3v) is 3.71. The molecule has 108 valence electrons. The number of ether oxygens (including phenoxy) is 2. The first-order valence-corrected chi connectivity index (χ1v) is 7.15. The van der Waals surface area contributed by atoms with Gasteiger partial charge in [-0.3, -0.25) is 0 Å². The van der Waals surface area contributed by atoms with Crippen molar-refractivity contribution in [3.63, 3.8) is 0 Å². The summed E-state index contributed by atoms with van der Waals surface area (Å²) in [6.07, 6.45) is 3.61. The van der Waals surface area contributed by atoms with Crippen LogP contribution in [0.3, 0.4) is 0 Å². The zero-order valence-electron chi connectivity index (χ0n) is 11.8. The van der Waals surface area contributed by atoms with E-state index in [1.807, 2.05) is 22.8 Å².